The maximum absolute atomic E-state index is 14.9. The maximum atomic E-state index is 14.9. The summed E-state index contributed by atoms with van der Waals surface area (Å²) in [5.41, 5.74) is 1.58. The SMILES string of the molecule is CS(=O)(=O)N(CCCC(=O)N(Cc1ccccc1F)C(Cc1ccccc1)C(=O)NC1CCCCC1)c1cccc(Cl)c1. The van der Waals surface area contributed by atoms with Gasteiger partial charge in [-0.1, -0.05) is 85.5 Å². The zero-order chi connectivity index (χ0) is 30.8. The summed E-state index contributed by atoms with van der Waals surface area (Å²) in [6, 6.07) is 21.3. The zero-order valence-corrected chi connectivity index (χ0v) is 26.0. The van der Waals surface area contributed by atoms with Crippen LogP contribution in [0.2, 0.25) is 5.02 Å². The second-order valence-electron chi connectivity index (χ2n) is 11.1. The van der Waals surface area contributed by atoms with E-state index < -0.39 is 21.9 Å². The first-order chi connectivity index (χ1) is 20.6. The lowest BCUT2D eigenvalue weighted by atomic mass is 9.94. The fraction of sp³-hybridized carbons (Fsp3) is 0.394. The molecule has 1 unspecified atom stereocenters. The van der Waals surface area contributed by atoms with Crippen LogP contribution in [0.1, 0.15) is 56.1 Å². The summed E-state index contributed by atoms with van der Waals surface area (Å²) >= 11 is 6.10. The summed E-state index contributed by atoms with van der Waals surface area (Å²) in [5.74, 6) is -1.09. The molecule has 0 saturated heterocycles. The Hall–Kier alpha value is -3.43. The Morgan fingerprint density at radius 2 is 1.67 bits per heavy atom. The molecule has 0 heterocycles. The van der Waals surface area contributed by atoms with E-state index in [1.54, 1.807) is 42.5 Å². The number of hydrogen-bond acceptors (Lipinski definition) is 4. The van der Waals surface area contributed by atoms with E-state index in [0.29, 0.717) is 16.3 Å². The molecule has 1 fully saturated rings. The van der Waals surface area contributed by atoms with Crippen molar-refractivity contribution in [3.05, 3.63) is 101 Å². The van der Waals surface area contributed by atoms with E-state index in [9.17, 15) is 22.4 Å². The van der Waals surface area contributed by atoms with Crippen molar-refractivity contribution in [2.45, 2.75) is 70.0 Å². The number of amides is 2. The molecule has 0 aliphatic heterocycles. The number of carbonyl (C=O) groups is 2. The monoisotopic (exact) mass is 627 g/mol. The molecule has 0 spiro atoms. The molecule has 4 rings (SSSR count). The van der Waals surface area contributed by atoms with Crippen LogP contribution in [0.15, 0.2) is 78.9 Å². The van der Waals surface area contributed by atoms with Gasteiger partial charge in [0.1, 0.15) is 11.9 Å². The van der Waals surface area contributed by atoms with E-state index in [1.807, 2.05) is 30.3 Å². The Bertz CT molecular complexity index is 1480. The van der Waals surface area contributed by atoms with Gasteiger partial charge in [0.15, 0.2) is 0 Å². The average molecular weight is 628 g/mol. The quantitative estimate of drug-likeness (QED) is 0.248. The van der Waals surface area contributed by atoms with Crippen LogP contribution < -0.4 is 9.62 Å². The van der Waals surface area contributed by atoms with Gasteiger partial charge < -0.3 is 10.2 Å². The van der Waals surface area contributed by atoms with E-state index in [1.165, 1.54) is 15.3 Å². The first-order valence-electron chi connectivity index (χ1n) is 14.7. The van der Waals surface area contributed by atoms with Crippen LogP contribution in [0.4, 0.5) is 10.1 Å². The molecule has 1 atom stereocenters. The Labute approximate surface area is 259 Å². The molecule has 43 heavy (non-hydrogen) atoms. The van der Waals surface area contributed by atoms with E-state index in [4.69, 9.17) is 11.6 Å². The van der Waals surface area contributed by atoms with Gasteiger partial charge in [-0.25, -0.2) is 12.8 Å². The van der Waals surface area contributed by atoms with Crippen molar-refractivity contribution < 1.29 is 22.4 Å². The fourth-order valence-corrected chi connectivity index (χ4v) is 6.69. The average Bonchev–Trinajstić information content (AvgIpc) is 2.98. The van der Waals surface area contributed by atoms with Crippen LogP contribution in [0.25, 0.3) is 0 Å². The Kier molecular flexibility index (Phi) is 11.6. The van der Waals surface area contributed by atoms with Gasteiger partial charge in [-0.2, -0.15) is 0 Å². The topological polar surface area (TPSA) is 86.8 Å². The molecule has 1 aliphatic carbocycles. The third-order valence-corrected chi connectivity index (χ3v) is 9.20. The fourth-order valence-electron chi connectivity index (χ4n) is 5.54. The Morgan fingerprint density at radius 3 is 2.35 bits per heavy atom. The van der Waals surface area contributed by atoms with Gasteiger partial charge >= 0.3 is 0 Å². The third kappa shape index (κ3) is 9.53. The molecule has 1 saturated carbocycles. The molecular weight excluding hydrogens is 589 g/mol. The van der Waals surface area contributed by atoms with Crippen LogP contribution in [-0.4, -0.2) is 50.0 Å². The van der Waals surface area contributed by atoms with E-state index >= 15 is 0 Å². The molecule has 3 aromatic carbocycles. The second-order valence-corrected chi connectivity index (χ2v) is 13.4. The maximum Gasteiger partial charge on any atom is 0.243 e. The number of hydrogen-bond donors (Lipinski definition) is 1. The van der Waals surface area contributed by atoms with Crippen molar-refractivity contribution in [1.29, 1.82) is 0 Å². The molecule has 0 bridgehead atoms. The van der Waals surface area contributed by atoms with E-state index in [2.05, 4.69) is 5.32 Å². The highest BCUT2D eigenvalue weighted by molar-refractivity contribution is 7.92. The minimum Gasteiger partial charge on any atom is -0.352 e. The number of benzene rings is 3. The molecule has 0 aromatic heterocycles. The lowest BCUT2D eigenvalue weighted by Gasteiger charge is -2.34. The molecule has 0 radical (unpaired) electrons. The van der Waals surface area contributed by atoms with Gasteiger partial charge in [-0.05, 0) is 49.1 Å². The number of rotatable bonds is 13. The summed E-state index contributed by atoms with van der Waals surface area (Å²) in [5, 5.41) is 3.56. The Balaban J connectivity index is 1.60. The highest BCUT2D eigenvalue weighted by atomic mass is 35.5. The van der Waals surface area contributed by atoms with Crippen molar-refractivity contribution in [2.24, 2.45) is 0 Å². The molecule has 3 aromatic rings. The minimum absolute atomic E-state index is 0.0333. The molecule has 230 valence electrons. The number of halogens is 2. The molecule has 2 amide bonds. The minimum atomic E-state index is -3.66. The summed E-state index contributed by atoms with van der Waals surface area (Å²) in [6.45, 7) is -0.0543. The normalized spacial score (nSPS) is 14.6. The largest absolute Gasteiger partial charge is 0.352 e. The molecule has 1 N–H and O–H groups in total. The number of nitrogens with zero attached hydrogens (tertiary/aromatic N) is 2. The van der Waals surface area contributed by atoms with Gasteiger partial charge in [0.05, 0.1) is 11.9 Å². The third-order valence-electron chi connectivity index (χ3n) is 7.77. The second kappa shape index (κ2) is 15.3. The highest BCUT2D eigenvalue weighted by Crippen LogP contribution is 2.24. The van der Waals surface area contributed by atoms with Crippen molar-refractivity contribution in [2.75, 3.05) is 17.1 Å². The number of carbonyl (C=O) groups excluding carboxylic acids is 2. The van der Waals surface area contributed by atoms with Crippen LogP contribution in [0, 0.1) is 5.82 Å². The van der Waals surface area contributed by atoms with Crippen LogP contribution >= 0.6 is 11.6 Å². The van der Waals surface area contributed by atoms with Gasteiger partial charge in [-0.15, -0.1) is 0 Å². The Morgan fingerprint density at radius 1 is 0.977 bits per heavy atom. The van der Waals surface area contributed by atoms with Crippen LogP contribution in [0.5, 0.6) is 0 Å². The first kappa shape index (κ1) is 32.5. The summed E-state index contributed by atoms with van der Waals surface area (Å²) in [7, 11) is -3.66. The van der Waals surface area contributed by atoms with Gasteiger partial charge in [0.25, 0.3) is 0 Å². The molecule has 7 nitrogen and oxygen atoms in total. The van der Waals surface area contributed by atoms with E-state index in [0.717, 1.165) is 43.9 Å². The van der Waals surface area contributed by atoms with Crippen molar-refractivity contribution in [3.63, 3.8) is 0 Å². The first-order valence-corrected chi connectivity index (χ1v) is 16.9. The van der Waals surface area contributed by atoms with Crippen LogP contribution in [0.3, 0.4) is 0 Å². The van der Waals surface area contributed by atoms with Crippen LogP contribution in [-0.2, 0) is 32.6 Å². The predicted octanol–water partition coefficient (Wildman–Crippen LogP) is 6.11. The molecule has 1 aliphatic rings. The van der Waals surface area contributed by atoms with Gasteiger partial charge in [0.2, 0.25) is 21.8 Å². The van der Waals surface area contributed by atoms with Gasteiger partial charge in [0, 0.05) is 42.6 Å². The summed E-state index contributed by atoms with van der Waals surface area (Å²) in [6.07, 6.45) is 6.50. The summed E-state index contributed by atoms with van der Waals surface area (Å²) in [4.78, 5) is 29.3. The standard InChI is InChI=1S/C33H39ClFN3O4S/c1-43(41,42)38(29-18-10-15-27(34)23-29)21-11-20-32(39)37(24-26-14-8-9-19-30(26)35)31(22-25-12-4-2-5-13-25)33(40)36-28-16-6-3-7-17-28/h2,4-5,8-10,12-15,18-19,23,28,31H,3,6-7,11,16-17,20-22,24H2,1H3,(H,36,40). The van der Waals surface area contributed by atoms with Crippen molar-refractivity contribution >= 4 is 39.1 Å². The molecular formula is C33H39ClFN3O4S. The van der Waals surface area contributed by atoms with E-state index in [-0.39, 0.29) is 50.2 Å². The lowest BCUT2D eigenvalue weighted by Crippen LogP contribution is -2.53. The number of nitrogens with one attached hydrogen (secondary N) is 1. The zero-order valence-electron chi connectivity index (χ0n) is 24.4. The smallest absolute Gasteiger partial charge is 0.243 e. The predicted molar refractivity (Wildman–Crippen MR) is 169 cm³/mol. The lowest BCUT2D eigenvalue weighted by molar-refractivity contribution is -0.141. The van der Waals surface area contributed by atoms with Gasteiger partial charge in [-0.3, -0.25) is 13.9 Å². The van der Waals surface area contributed by atoms with Crippen molar-refractivity contribution in [1.82, 2.24) is 10.2 Å². The summed E-state index contributed by atoms with van der Waals surface area (Å²) < 4.78 is 41.3. The highest BCUT2D eigenvalue weighted by Gasteiger charge is 2.32. The van der Waals surface area contributed by atoms with Crippen molar-refractivity contribution in [3.8, 4) is 0 Å². The molecule has 10 heteroatoms. The number of sulfonamides is 1. The number of anilines is 1.